The number of carbonyl (C=O) groups is 11. The summed E-state index contributed by atoms with van der Waals surface area (Å²) in [5, 5.41) is 60.1. The van der Waals surface area contributed by atoms with E-state index in [0.717, 1.165) is 182 Å². The Bertz CT molecular complexity index is 4500. The normalized spacial score (nSPS) is 44.8. The van der Waals surface area contributed by atoms with Crippen LogP contribution < -0.4 is 0 Å². The molecular formula is C126H202O18. The van der Waals surface area contributed by atoms with Gasteiger partial charge in [0.25, 0.3) is 0 Å². The number of carboxylic acid groups (broad SMARTS) is 2. The first-order valence-electron chi connectivity index (χ1n) is 59.5. The maximum absolute atomic E-state index is 13.0. The Morgan fingerprint density at radius 2 is 0.833 bits per heavy atom. The fourth-order valence-electron chi connectivity index (χ4n) is 40.0. The summed E-state index contributed by atoms with van der Waals surface area (Å²) in [7, 11) is 0. The zero-order valence-corrected chi connectivity index (χ0v) is 93.7. The van der Waals surface area contributed by atoms with E-state index in [4.69, 9.17) is 14.9 Å². The van der Waals surface area contributed by atoms with Crippen LogP contribution in [0.15, 0.2) is 23.3 Å². The van der Waals surface area contributed by atoms with Crippen molar-refractivity contribution in [2.75, 3.05) is 0 Å². The maximum Gasteiger partial charge on any atom is 0.306 e. The summed E-state index contributed by atoms with van der Waals surface area (Å²) >= 11 is 0. The van der Waals surface area contributed by atoms with Crippen LogP contribution in [0.1, 0.15) is 453 Å². The van der Waals surface area contributed by atoms with Crippen molar-refractivity contribution in [3.8, 4) is 0 Å². The van der Waals surface area contributed by atoms with Gasteiger partial charge >= 0.3 is 17.9 Å². The van der Waals surface area contributed by atoms with Gasteiger partial charge in [0.2, 0.25) is 0 Å². The molecule has 6 N–H and O–H groups in total. The number of hydrogen-bond acceptors (Lipinski definition) is 16. The van der Waals surface area contributed by atoms with Gasteiger partial charge < -0.3 is 59.3 Å². The number of carboxylic acids is 2. The van der Waals surface area contributed by atoms with Gasteiger partial charge in [-0.1, -0.05) is 175 Å². The lowest BCUT2D eigenvalue weighted by Gasteiger charge is -2.54. The highest BCUT2D eigenvalue weighted by molar-refractivity contribution is 5.87. The number of rotatable bonds is 32. The third kappa shape index (κ3) is 22.5. The largest absolute Gasteiger partial charge is 0.481 e. The predicted octanol–water partition coefficient (Wildman–Crippen LogP) is 26.6. The second-order valence-electron chi connectivity index (χ2n) is 56.0. The Morgan fingerprint density at radius 1 is 0.417 bits per heavy atom. The Morgan fingerprint density at radius 3 is 1.30 bits per heavy atom. The molecule has 1 saturated heterocycles. The van der Waals surface area contributed by atoms with Crippen LogP contribution in [0.5, 0.6) is 0 Å². The number of aldehydes is 5. The fraction of sp³-hybridized carbons (Fsp3) is 0.881. The number of carbonyl (C=O) groups excluding carboxylic acids is 9. The molecule has 17 rings (SSSR count). The molecule has 17 aliphatic rings. The Balaban J connectivity index is 0.000000151. The van der Waals surface area contributed by atoms with Crippen molar-refractivity contribution in [2.24, 2.45) is 214 Å². The van der Waals surface area contributed by atoms with Gasteiger partial charge in [-0.2, -0.15) is 0 Å². The van der Waals surface area contributed by atoms with Crippen molar-refractivity contribution in [3.63, 3.8) is 0 Å². The highest BCUT2D eigenvalue weighted by atomic mass is 16.6. The number of cyclic esters (lactones) is 1. The number of aliphatic hydroxyl groups is 4. The summed E-state index contributed by atoms with van der Waals surface area (Å²) in [6, 6.07) is 0. The van der Waals surface area contributed by atoms with Gasteiger partial charge in [-0.15, -0.1) is 0 Å². The molecule has 0 aromatic carbocycles. The number of Topliss-reactive ketones (excluding diaryl/α,β-unsaturated/α-hetero) is 3. The molecule has 0 spiro atoms. The molecule has 0 radical (unpaired) electrons. The molecule has 40 atom stereocenters. The van der Waals surface area contributed by atoms with Gasteiger partial charge in [0.1, 0.15) is 54.4 Å². The number of fused-ring (bicyclic) bond motifs is 13. The van der Waals surface area contributed by atoms with E-state index in [1.165, 1.54) is 120 Å². The lowest BCUT2D eigenvalue weighted by atomic mass is 9.49. The van der Waals surface area contributed by atoms with Crippen LogP contribution >= 0.6 is 0 Å². The van der Waals surface area contributed by atoms with Crippen LogP contribution in [-0.4, -0.2) is 127 Å². The monoisotopic (exact) mass is 2000 g/mol. The van der Waals surface area contributed by atoms with E-state index in [1.54, 1.807) is 6.92 Å². The molecule has 1 aliphatic heterocycles. The standard InChI is InChI=1S/C27H46O3.C27H42O.C25H40O4.C24H38O5.C23H36O5/c1-19(2)9-8-10-20(3)22-12-13-23-21(15-18-28)24(14-17-26(22,23)4)27(5)16-7-6-11-25(29)30-27;1-18(2)9-8-10-19(3)21-12-13-23-25-20(17-28)22-11-6-7-15-26(22,4)24(25)14-16-27(21,23)5;1-16(5-6-17(2)27)20-7-8-21-19(11-14-26)22(10-13-24(20,21)3)25(4)12-9-18(28)15-23(25)29;1-14(4-7-20(27)28)16-5-6-17-21-18(9-10-22(16,17)2)23(3)11-8-15(26)12-24(23,29)19(21)13-25;1-14(4-7-21(27)28)17-5-6-18-16(13-24)19(9-11-22(17,18)2)23(3)10-8-15(25)12-20(23)26/h18-24H,6-17H2,1-5H3;6,11,17-19,21,23-25H,7-10,12-16H2,1-5H3;14,16,18-22,28H,5-13,15H2,1-4H3;13-19,21,26,29H,4-12H2,1-3H3,(H,27,28);13-19,25H,4-12H2,1-3H3,(H,27,28)/t20-,21+,22-,23?,24?,26-,27-;19-,21-,23?,24?,25?,26+,27-;16-,18+,19?,20-,21?,22?,24-,25-;14-,15+,16-,17?,18?,19-,21?,22-,23-,24-;14-,15+,16?,17-,18?,19?,22-,23-/m11111/s1. The fourth-order valence-corrected chi connectivity index (χ4v) is 40.0. The van der Waals surface area contributed by atoms with E-state index in [2.05, 4.69) is 137 Å². The van der Waals surface area contributed by atoms with E-state index in [1.807, 2.05) is 6.92 Å². The number of ether oxygens (including phenoxy) is 1. The second kappa shape index (κ2) is 47.0. The molecule has 14 saturated carbocycles. The molecule has 144 heavy (non-hydrogen) atoms. The minimum absolute atomic E-state index is 0.0312. The highest BCUT2D eigenvalue weighted by Crippen LogP contribution is 2.76. The molecule has 814 valence electrons. The van der Waals surface area contributed by atoms with Gasteiger partial charge in [0.05, 0.1) is 23.9 Å². The van der Waals surface area contributed by atoms with E-state index in [9.17, 15) is 73.2 Å². The SMILES string of the molecule is CC(=O)CC[C@@H](C)[C@H]1CCC2C(CC=O)C([C@@]3(C)CC[C@H](O)CC3=O)CC[C@@]21C.CC(C)CCC[C@@H](C)[C@H]1CCC2C3C(C=O)=C4C=CCC[C@]4(C)C3CC[C@@]21C.CC(C)CCC[C@@H](C)[C@H]1CCC2[C@H](CC=O)C([C@@]3(C)CCCCC(=O)O3)CC[C@@]21C.C[C@H](CCC(=O)O)[C@H]1CCC2C(C=O)C([C@@]3(C)CC[C@H](O)CC3=O)CC[C@@]21C.C[C@H](CCC(=O)O)[C@H]1CCC2C3C(CC[C@@]21C)[C@@]1(C)CC[C@H](O)C[C@@]1(O)[C@@H]3C=O. The van der Waals surface area contributed by atoms with E-state index in [0.29, 0.717) is 164 Å². The summed E-state index contributed by atoms with van der Waals surface area (Å²) in [5.41, 5.74) is 1.35. The number of allylic oxidation sites excluding steroid dienone is 4. The lowest BCUT2D eigenvalue weighted by molar-refractivity contribution is -0.173. The summed E-state index contributed by atoms with van der Waals surface area (Å²) < 4.78 is 6.09. The number of hydrogen-bond donors (Lipinski definition) is 6. The Kier molecular flexibility index (Phi) is 37.9. The van der Waals surface area contributed by atoms with Gasteiger partial charge in [-0.3, -0.25) is 28.8 Å². The average Bonchev–Trinajstić information content (AvgIpc) is 1.51. The van der Waals surface area contributed by atoms with Crippen molar-refractivity contribution in [2.45, 2.75) is 483 Å². The zero-order valence-electron chi connectivity index (χ0n) is 93.7. The van der Waals surface area contributed by atoms with Crippen molar-refractivity contribution in [1.29, 1.82) is 0 Å². The first kappa shape index (κ1) is 116. The molecule has 15 fully saturated rings. The first-order chi connectivity index (χ1) is 67.9. The third-order valence-electron chi connectivity index (χ3n) is 48.0. The second-order valence-corrected chi connectivity index (χ2v) is 56.0. The van der Waals surface area contributed by atoms with Crippen LogP contribution in [0.4, 0.5) is 0 Å². The van der Waals surface area contributed by atoms with Gasteiger partial charge in [-0.25, -0.2) is 0 Å². The van der Waals surface area contributed by atoms with Crippen LogP contribution in [0.25, 0.3) is 0 Å². The van der Waals surface area contributed by atoms with Crippen LogP contribution in [0.3, 0.4) is 0 Å². The topological polar surface area (TPSA) is 318 Å². The number of aliphatic carboxylic acids is 2. The van der Waals surface area contributed by atoms with Crippen LogP contribution in [-0.2, 0) is 57.5 Å². The quantitative estimate of drug-likeness (QED) is 0.0269. The lowest BCUT2D eigenvalue weighted by Crippen LogP contribution is -2.54. The molecule has 0 bridgehead atoms. The zero-order chi connectivity index (χ0) is 105. The smallest absolute Gasteiger partial charge is 0.306 e. The molecule has 18 nitrogen and oxygen atoms in total. The van der Waals surface area contributed by atoms with Gasteiger partial charge in [0.15, 0.2) is 0 Å². The molecule has 16 aliphatic carbocycles. The molecule has 0 aromatic heterocycles. The summed E-state index contributed by atoms with van der Waals surface area (Å²) in [6.07, 6.45) is 55.4. The minimum atomic E-state index is -1.10. The van der Waals surface area contributed by atoms with Crippen molar-refractivity contribution < 1.29 is 88.1 Å². The Hall–Kier alpha value is -4.91. The molecule has 14 unspecified atom stereocenters. The van der Waals surface area contributed by atoms with Crippen molar-refractivity contribution >= 4 is 66.7 Å². The third-order valence-corrected chi connectivity index (χ3v) is 48.0. The predicted molar refractivity (Wildman–Crippen MR) is 568 cm³/mol. The van der Waals surface area contributed by atoms with Gasteiger partial charge in [-0.05, 0) is 424 Å². The van der Waals surface area contributed by atoms with Gasteiger partial charge in [0, 0.05) is 91.8 Å². The molecule has 0 amide bonds. The van der Waals surface area contributed by atoms with Crippen LogP contribution in [0, 0.1) is 214 Å². The Labute approximate surface area is 870 Å². The first-order valence-corrected chi connectivity index (χ1v) is 59.5. The number of ketones is 3. The minimum Gasteiger partial charge on any atom is -0.481 e. The average molecular weight is 2000 g/mol. The van der Waals surface area contributed by atoms with Crippen LogP contribution in [0.2, 0.25) is 0 Å². The summed E-state index contributed by atoms with van der Waals surface area (Å²) in [6.45, 7) is 45.9. The van der Waals surface area contributed by atoms with E-state index in [-0.39, 0.29) is 117 Å². The number of esters is 1. The molecule has 1 heterocycles. The highest BCUT2D eigenvalue weighted by Gasteiger charge is 2.74. The maximum atomic E-state index is 13.0. The summed E-state index contributed by atoms with van der Waals surface area (Å²) in [5.74, 6) is 11.7. The van der Waals surface area contributed by atoms with Crippen molar-refractivity contribution in [1.82, 2.24) is 0 Å². The number of aliphatic hydroxyl groups excluding tert-OH is 3. The van der Waals surface area contributed by atoms with E-state index < -0.39 is 52.6 Å². The molecule has 0 aromatic rings. The summed E-state index contributed by atoms with van der Waals surface area (Å²) in [4.78, 5) is 132. The molecule has 18 heteroatoms. The van der Waals surface area contributed by atoms with E-state index >= 15 is 0 Å². The molecular weight excluding hydrogens is 1800 g/mol. The van der Waals surface area contributed by atoms with Crippen molar-refractivity contribution in [3.05, 3.63) is 23.3 Å².